The molecule has 76 valence electrons. The van der Waals surface area contributed by atoms with Gasteiger partial charge >= 0.3 is 5.97 Å². The van der Waals surface area contributed by atoms with Gasteiger partial charge in [0.1, 0.15) is 0 Å². The van der Waals surface area contributed by atoms with Crippen molar-refractivity contribution in [2.24, 2.45) is 0 Å². The molecule has 0 saturated carbocycles. The molecule has 0 amide bonds. The Labute approximate surface area is 86.8 Å². The summed E-state index contributed by atoms with van der Waals surface area (Å²) in [5.41, 5.74) is 12.5. The van der Waals surface area contributed by atoms with Crippen molar-refractivity contribution in [1.29, 1.82) is 0 Å². The van der Waals surface area contributed by atoms with E-state index in [0.29, 0.717) is 22.0 Å². The second-order valence-corrected chi connectivity index (χ2v) is 3.19. The number of ether oxygens (including phenoxy) is 1. The van der Waals surface area contributed by atoms with Crippen LogP contribution in [0.1, 0.15) is 5.56 Å². The summed E-state index contributed by atoms with van der Waals surface area (Å²) >= 11 is 5.86. The highest BCUT2D eigenvalue weighted by molar-refractivity contribution is 6.32. The number of carbonyl (C=O) groups is 1. The van der Waals surface area contributed by atoms with Crippen LogP contribution in [0.25, 0.3) is 0 Å². The number of carbonyl (C=O) groups excluding carboxylic acids is 1. The highest BCUT2D eigenvalue weighted by atomic mass is 35.5. The Morgan fingerprint density at radius 2 is 2.14 bits per heavy atom. The number of hydrogen-bond donors (Lipinski definition) is 2. The minimum absolute atomic E-state index is 0.0339. The van der Waals surface area contributed by atoms with E-state index in [0.717, 1.165) is 0 Å². The second-order valence-electron chi connectivity index (χ2n) is 2.78. The van der Waals surface area contributed by atoms with Crippen molar-refractivity contribution in [3.05, 3.63) is 22.7 Å². The zero-order valence-electron chi connectivity index (χ0n) is 7.71. The van der Waals surface area contributed by atoms with Crippen LogP contribution in [0.15, 0.2) is 12.1 Å². The molecular weight excluding hydrogens is 204 g/mol. The molecule has 0 aliphatic heterocycles. The lowest BCUT2D eigenvalue weighted by atomic mass is 10.1. The molecule has 4 nitrogen and oxygen atoms in total. The fourth-order valence-electron chi connectivity index (χ4n) is 1.05. The van der Waals surface area contributed by atoms with E-state index in [1.54, 1.807) is 12.1 Å². The van der Waals surface area contributed by atoms with Crippen LogP contribution in [0.2, 0.25) is 5.02 Å². The van der Waals surface area contributed by atoms with Gasteiger partial charge in [-0.3, -0.25) is 4.79 Å². The normalized spacial score (nSPS) is 9.86. The third kappa shape index (κ3) is 2.09. The summed E-state index contributed by atoms with van der Waals surface area (Å²) in [6, 6.07) is 3.20. The number of benzene rings is 1. The fourth-order valence-corrected chi connectivity index (χ4v) is 1.28. The lowest BCUT2D eigenvalue weighted by Gasteiger charge is -2.08. The van der Waals surface area contributed by atoms with Gasteiger partial charge in [0.15, 0.2) is 0 Å². The van der Waals surface area contributed by atoms with Crippen molar-refractivity contribution in [1.82, 2.24) is 0 Å². The second kappa shape index (κ2) is 4.19. The number of hydrogen-bond acceptors (Lipinski definition) is 4. The summed E-state index contributed by atoms with van der Waals surface area (Å²) in [4.78, 5) is 11.0. The molecule has 0 spiro atoms. The summed E-state index contributed by atoms with van der Waals surface area (Å²) < 4.78 is 4.51. The summed E-state index contributed by atoms with van der Waals surface area (Å²) in [7, 11) is 1.30. The first-order chi connectivity index (χ1) is 6.56. The van der Waals surface area contributed by atoms with Crippen molar-refractivity contribution in [3.8, 4) is 0 Å². The quantitative estimate of drug-likeness (QED) is 0.573. The van der Waals surface area contributed by atoms with Crippen LogP contribution in [-0.2, 0) is 16.0 Å². The number of rotatable bonds is 2. The molecule has 0 aliphatic carbocycles. The highest BCUT2D eigenvalue weighted by Crippen LogP contribution is 2.27. The van der Waals surface area contributed by atoms with E-state index in [9.17, 15) is 4.79 Å². The standard InChI is InChI=1S/C9H11ClN2O2/c1-14-8(13)4-5-6(10)2-3-7(11)9(5)12/h2-3H,4,11-12H2,1H3. The van der Waals surface area contributed by atoms with E-state index >= 15 is 0 Å². The molecular formula is C9H11ClN2O2. The molecule has 0 aliphatic rings. The number of nitrogens with two attached hydrogens (primary N) is 2. The number of anilines is 2. The van der Waals surface area contributed by atoms with Crippen molar-refractivity contribution in [2.45, 2.75) is 6.42 Å². The number of halogens is 1. The van der Waals surface area contributed by atoms with Gasteiger partial charge in [-0.15, -0.1) is 0 Å². The molecule has 4 N–H and O–H groups in total. The first-order valence-corrected chi connectivity index (χ1v) is 4.33. The predicted molar refractivity (Wildman–Crippen MR) is 56.0 cm³/mol. The Hall–Kier alpha value is -1.42. The van der Waals surface area contributed by atoms with Gasteiger partial charge in [-0.25, -0.2) is 0 Å². The molecule has 0 heterocycles. The third-order valence-corrected chi connectivity index (χ3v) is 2.24. The molecule has 0 unspecified atom stereocenters. The molecule has 0 fully saturated rings. The van der Waals surface area contributed by atoms with Gasteiger partial charge in [-0.05, 0) is 12.1 Å². The van der Waals surface area contributed by atoms with E-state index < -0.39 is 5.97 Å². The van der Waals surface area contributed by atoms with Crippen molar-refractivity contribution in [2.75, 3.05) is 18.6 Å². The molecule has 0 atom stereocenters. The number of esters is 1. The average molecular weight is 215 g/mol. The van der Waals surface area contributed by atoms with Gasteiger partial charge in [0.2, 0.25) is 0 Å². The van der Waals surface area contributed by atoms with Crippen LogP contribution < -0.4 is 11.5 Å². The van der Waals surface area contributed by atoms with Crippen molar-refractivity contribution < 1.29 is 9.53 Å². The molecule has 1 aromatic rings. The largest absolute Gasteiger partial charge is 0.469 e. The van der Waals surface area contributed by atoms with E-state index in [4.69, 9.17) is 23.1 Å². The van der Waals surface area contributed by atoms with Crippen LogP contribution in [0.5, 0.6) is 0 Å². The lowest BCUT2D eigenvalue weighted by Crippen LogP contribution is -2.08. The summed E-state index contributed by atoms with van der Waals surface area (Å²) in [6.07, 6.45) is 0.0339. The molecule has 0 saturated heterocycles. The van der Waals surface area contributed by atoms with Gasteiger partial charge in [-0.2, -0.15) is 0 Å². The van der Waals surface area contributed by atoms with Gasteiger partial charge in [0, 0.05) is 10.6 Å². The van der Waals surface area contributed by atoms with Crippen LogP contribution in [0.4, 0.5) is 11.4 Å². The van der Waals surface area contributed by atoms with Crippen molar-refractivity contribution >= 4 is 28.9 Å². The highest BCUT2D eigenvalue weighted by Gasteiger charge is 2.12. The summed E-state index contributed by atoms with van der Waals surface area (Å²) in [5, 5.41) is 0.419. The Morgan fingerprint density at radius 1 is 1.50 bits per heavy atom. The van der Waals surface area contributed by atoms with Crippen LogP contribution in [0.3, 0.4) is 0 Å². The summed E-state index contributed by atoms with van der Waals surface area (Å²) in [6.45, 7) is 0. The molecule has 5 heteroatoms. The van der Waals surface area contributed by atoms with Crippen LogP contribution in [-0.4, -0.2) is 13.1 Å². The number of nitrogen functional groups attached to an aromatic ring is 2. The predicted octanol–water partition coefficient (Wildman–Crippen LogP) is 1.22. The van der Waals surface area contributed by atoms with E-state index in [1.165, 1.54) is 7.11 Å². The van der Waals surface area contributed by atoms with Gasteiger partial charge in [0.05, 0.1) is 24.9 Å². The smallest absolute Gasteiger partial charge is 0.310 e. The number of methoxy groups -OCH3 is 1. The van der Waals surface area contributed by atoms with Crippen LogP contribution in [0, 0.1) is 0 Å². The molecule has 0 bridgehead atoms. The molecule has 0 radical (unpaired) electrons. The molecule has 1 aromatic carbocycles. The minimum atomic E-state index is -0.399. The first kappa shape index (κ1) is 10.7. The Kier molecular flexibility index (Phi) is 3.19. The van der Waals surface area contributed by atoms with Gasteiger partial charge in [-0.1, -0.05) is 11.6 Å². The SMILES string of the molecule is COC(=O)Cc1c(Cl)ccc(N)c1N. The zero-order chi connectivity index (χ0) is 10.7. The van der Waals surface area contributed by atoms with E-state index in [1.807, 2.05) is 0 Å². The maximum atomic E-state index is 11.0. The maximum absolute atomic E-state index is 11.0. The third-order valence-electron chi connectivity index (χ3n) is 1.88. The van der Waals surface area contributed by atoms with Gasteiger partial charge < -0.3 is 16.2 Å². The maximum Gasteiger partial charge on any atom is 0.310 e. The molecule has 0 aromatic heterocycles. The Balaban J connectivity index is 3.06. The molecule has 1 rings (SSSR count). The van der Waals surface area contributed by atoms with Gasteiger partial charge in [0.25, 0.3) is 0 Å². The lowest BCUT2D eigenvalue weighted by molar-refractivity contribution is -0.139. The monoisotopic (exact) mass is 214 g/mol. The van der Waals surface area contributed by atoms with E-state index in [-0.39, 0.29) is 6.42 Å². The minimum Gasteiger partial charge on any atom is -0.469 e. The fraction of sp³-hybridized carbons (Fsp3) is 0.222. The van der Waals surface area contributed by atoms with E-state index in [2.05, 4.69) is 4.74 Å². The first-order valence-electron chi connectivity index (χ1n) is 3.95. The zero-order valence-corrected chi connectivity index (χ0v) is 8.47. The Bertz CT molecular complexity index is 366. The van der Waals surface area contributed by atoms with Crippen LogP contribution >= 0.6 is 11.6 Å². The van der Waals surface area contributed by atoms with Crippen molar-refractivity contribution in [3.63, 3.8) is 0 Å². The molecule has 14 heavy (non-hydrogen) atoms. The summed E-state index contributed by atoms with van der Waals surface area (Å²) in [5.74, 6) is -0.399. The average Bonchev–Trinajstić information content (AvgIpc) is 2.18. The topological polar surface area (TPSA) is 78.3 Å². The Morgan fingerprint density at radius 3 is 2.71 bits per heavy atom.